The fourth-order valence-corrected chi connectivity index (χ4v) is 0.615. The molecule has 0 N–H and O–H groups in total. The Labute approximate surface area is 42.5 Å². The van der Waals surface area contributed by atoms with Crippen LogP contribution in [0.2, 0.25) is 0 Å². The first kappa shape index (κ1) is 4.78. The van der Waals surface area contributed by atoms with E-state index in [1.165, 1.54) is 0 Å². The zero-order chi connectivity index (χ0) is 5.28. The zero-order valence-corrected chi connectivity index (χ0v) is 4.31. The van der Waals surface area contributed by atoms with Gasteiger partial charge in [-0.25, -0.2) is 0 Å². The molecule has 2 nitrogen and oxygen atoms in total. The standard InChI is InChI=1S/C5H8O2/c1-7-5-2-4(6)3-5/h5H,2-3H2,1H3. The number of hydrogen-bond acceptors (Lipinski definition) is 2. The molecular formula is C5H8O2. The van der Waals surface area contributed by atoms with Gasteiger partial charge in [0.05, 0.1) is 6.10 Å². The third kappa shape index (κ3) is 0.800. The van der Waals surface area contributed by atoms with Crippen LogP contribution < -0.4 is 0 Å². The molecule has 1 fully saturated rings. The van der Waals surface area contributed by atoms with Gasteiger partial charge in [0.25, 0.3) is 0 Å². The molecule has 0 atom stereocenters. The number of Topliss-reactive ketones (excluding diaryl/α,β-unsaturated/α-hetero) is 1. The number of methoxy groups -OCH3 is 1. The van der Waals surface area contributed by atoms with Crippen molar-refractivity contribution < 1.29 is 9.53 Å². The van der Waals surface area contributed by atoms with Gasteiger partial charge in [-0.05, 0) is 0 Å². The molecule has 0 radical (unpaired) electrons. The molecule has 2 heteroatoms. The largest absolute Gasteiger partial charge is 0.381 e. The van der Waals surface area contributed by atoms with E-state index in [0.29, 0.717) is 18.6 Å². The van der Waals surface area contributed by atoms with Crippen LogP contribution in [-0.2, 0) is 9.53 Å². The maximum Gasteiger partial charge on any atom is 0.138 e. The van der Waals surface area contributed by atoms with Crippen molar-refractivity contribution in [3.63, 3.8) is 0 Å². The second-order valence-corrected chi connectivity index (χ2v) is 1.80. The Hall–Kier alpha value is -0.370. The van der Waals surface area contributed by atoms with Gasteiger partial charge < -0.3 is 4.74 Å². The number of hydrogen-bond donors (Lipinski definition) is 0. The lowest BCUT2D eigenvalue weighted by Crippen LogP contribution is -2.29. The number of carbonyl (C=O) groups is 1. The van der Waals surface area contributed by atoms with Gasteiger partial charge in [-0.2, -0.15) is 0 Å². The Kier molecular flexibility index (Phi) is 1.11. The smallest absolute Gasteiger partial charge is 0.138 e. The van der Waals surface area contributed by atoms with Crippen molar-refractivity contribution in [1.29, 1.82) is 0 Å². The highest BCUT2D eigenvalue weighted by molar-refractivity contribution is 5.85. The predicted molar refractivity (Wildman–Crippen MR) is 25.0 cm³/mol. The first-order chi connectivity index (χ1) is 3.33. The molecule has 7 heavy (non-hydrogen) atoms. The van der Waals surface area contributed by atoms with Gasteiger partial charge in [0, 0.05) is 20.0 Å². The Morgan fingerprint density at radius 2 is 2.29 bits per heavy atom. The average Bonchev–Trinajstić information content (AvgIpc) is 1.58. The fraction of sp³-hybridized carbons (Fsp3) is 0.800. The maximum absolute atomic E-state index is 10.2. The van der Waals surface area contributed by atoms with Gasteiger partial charge in [-0.3, -0.25) is 4.79 Å². The maximum atomic E-state index is 10.2. The quantitative estimate of drug-likeness (QED) is 0.475. The lowest BCUT2D eigenvalue weighted by molar-refractivity contribution is -0.132. The summed E-state index contributed by atoms with van der Waals surface area (Å²) in [6.45, 7) is 0. The van der Waals surface area contributed by atoms with Crippen molar-refractivity contribution in [2.45, 2.75) is 18.9 Å². The molecule has 40 valence electrons. The number of ether oxygens (including phenoxy) is 1. The van der Waals surface area contributed by atoms with Crippen molar-refractivity contribution >= 4 is 5.78 Å². The molecule has 0 amide bonds. The van der Waals surface area contributed by atoms with Crippen LogP contribution in [-0.4, -0.2) is 19.0 Å². The second-order valence-electron chi connectivity index (χ2n) is 1.80. The van der Waals surface area contributed by atoms with Crippen LogP contribution in [0.5, 0.6) is 0 Å². The lowest BCUT2D eigenvalue weighted by atomic mass is 9.94. The summed E-state index contributed by atoms with van der Waals surface area (Å²) in [5, 5.41) is 0. The van der Waals surface area contributed by atoms with E-state index in [-0.39, 0.29) is 6.10 Å². The topological polar surface area (TPSA) is 26.3 Å². The minimum absolute atomic E-state index is 0.243. The predicted octanol–water partition coefficient (Wildman–Crippen LogP) is 0.364. The van der Waals surface area contributed by atoms with Gasteiger partial charge >= 0.3 is 0 Å². The molecule has 0 spiro atoms. The monoisotopic (exact) mass is 100 g/mol. The highest BCUT2D eigenvalue weighted by Gasteiger charge is 2.25. The van der Waals surface area contributed by atoms with Crippen LogP contribution in [0.3, 0.4) is 0 Å². The third-order valence-electron chi connectivity index (χ3n) is 1.24. The van der Waals surface area contributed by atoms with E-state index >= 15 is 0 Å². The molecule has 0 aliphatic heterocycles. The molecule has 0 aromatic rings. The average molecular weight is 100 g/mol. The molecular weight excluding hydrogens is 92.1 g/mol. The van der Waals surface area contributed by atoms with Gasteiger partial charge in [0.15, 0.2) is 0 Å². The summed E-state index contributed by atoms with van der Waals surface area (Å²) in [7, 11) is 1.64. The first-order valence-electron chi connectivity index (χ1n) is 2.37. The summed E-state index contributed by atoms with van der Waals surface area (Å²) in [5.74, 6) is 0.326. The molecule has 0 bridgehead atoms. The molecule has 0 aromatic carbocycles. The van der Waals surface area contributed by atoms with Crippen LogP contribution in [0.4, 0.5) is 0 Å². The third-order valence-corrected chi connectivity index (χ3v) is 1.24. The minimum Gasteiger partial charge on any atom is -0.381 e. The SMILES string of the molecule is COC1CC(=O)C1. The summed E-state index contributed by atoms with van der Waals surface area (Å²) in [6.07, 6.45) is 1.51. The van der Waals surface area contributed by atoms with Crippen molar-refractivity contribution in [1.82, 2.24) is 0 Å². The summed E-state index contributed by atoms with van der Waals surface area (Å²) in [5.41, 5.74) is 0. The van der Waals surface area contributed by atoms with Crippen LogP contribution in [0.1, 0.15) is 12.8 Å². The lowest BCUT2D eigenvalue weighted by Gasteiger charge is -2.21. The van der Waals surface area contributed by atoms with Crippen LogP contribution >= 0.6 is 0 Å². The van der Waals surface area contributed by atoms with E-state index < -0.39 is 0 Å². The van der Waals surface area contributed by atoms with E-state index in [1.807, 2.05) is 0 Å². The Balaban J connectivity index is 2.17. The number of rotatable bonds is 1. The second kappa shape index (κ2) is 1.62. The van der Waals surface area contributed by atoms with Crippen LogP contribution in [0.25, 0.3) is 0 Å². The Morgan fingerprint density at radius 3 is 2.43 bits per heavy atom. The fourth-order valence-electron chi connectivity index (χ4n) is 0.615. The number of carbonyl (C=O) groups excluding carboxylic acids is 1. The molecule has 0 unspecified atom stereocenters. The van der Waals surface area contributed by atoms with Gasteiger partial charge in [-0.1, -0.05) is 0 Å². The normalized spacial score (nSPS) is 22.1. The zero-order valence-electron chi connectivity index (χ0n) is 4.31. The summed E-state index contributed by atoms with van der Waals surface area (Å²) >= 11 is 0. The molecule has 1 aliphatic carbocycles. The first-order valence-corrected chi connectivity index (χ1v) is 2.37. The Bertz CT molecular complexity index is 80.1. The summed E-state index contributed by atoms with van der Waals surface area (Å²) in [4.78, 5) is 10.2. The van der Waals surface area contributed by atoms with Gasteiger partial charge in [-0.15, -0.1) is 0 Å². The Morgan fingerprint density at radius 1 is 1.71 bits per heavy atom. The van der Waals surface area contributed by atoms with Crippen molar-refractivity contribution in [3.8, 4) is 0 Å². The van der Waals surface area contributed by atoms with E-state index in [0.717, 1.165) is 0 Å². The molecule has 0 aromatic heterocycles. The summed E-state index contributed by atoms with van der Waals surface area (Å²) in [6, 6.07) is 0. The number of ketones is 1. The van der Waals surface area contributed by atoms with Crippen molar-refractivity contribution in [2.24, 2.45) is 0 Å². The highest BCUT2D eigenvalue weighted by Crippen LogP contribution is 2.16. The van der Waals surface area contributed by atoms with E-state index in [4.69, 9.17) is 4.74 Å². The molecule has 1 rings (SSSR count). The van der Waals surface area contributed by atoms with E-state index in [9.17, 15) is 4.79 Å². The minimum atomic E-state index is 0.243. The van der Waals surface area contributed by atoms with E-state index in [1.54, 1.807) is 7.11 Å². The van der Waals surface area contributed by atoms with Crippen LogP contribution in [0, 0.1) is 0 Å². The van der Waals surface area contributed by atoms with Gasteiger partial charge in [0.1, 0.15) is 5.78 Å². The van der Waals surface area contributed by atoms with Crippen molar-refractivity contribution in [3.05, 3.63) is 0 Å². The summed E-state index contributed by atoms with van der Waals surface area (Å²) < 4.78 is 4.84. The van der Waals surface area contributed by atoms with E-state index in [2.05, 4.69) is 0 Å². The molecule has 0 saturated heterocycles. The highest BCUT2D eigenvalue weighted by atomic mass is 16.5. The molecule has 1 saturated carbocycles. The molecule has 1 aliphatic rings. The van der Waals surface area contributed by atoms with Crippen LogP contribution in [0.15, 0.2) is 0 Å². The molecule has 0 heterocycles. The van der Waals surface area contributed by atoms with Gasteiger partial charge in [0.2, 0.25) is 0 Å². The van der Waals surface area contributed by atoms with Crippen molar-refractivity contribution in [2.75, 3.05) is 7.11 Å².